The lowest BCUT2D eigenvalue weighted by molar-refractivity contribution is -0.129. The molecule has 0 bridgehead atoms. The molecule has 1 aromatic heterocycles. The SMILES string of the molecule is CCC(=O)N1C[C@H]2c3nc(Nc4ccccc4)ncc3CS(=O)(=O)[C@H]2C1. The summed E-state index contributed by atoms with van der Waals surface area (Å²) in [6.07, 6.45) is 1.96. The van der Waals surface area contributed by atoms with E-state index in [2.05, 4.69) is 15.3 Å². The van der Waals surface area contributed by atoms with Gasteiger partial charge in [0.25, 0.3) is 0 Å². The molecule has 3 heterocycles. The highest BCUT2D eigenvalue weighted by atomic mass is 32.2. The third kappa shape index (κ3) is 2.94. The van der Waals surface area contributed by atoms with E-state index in [9.17, 15) is 13.2 Å². The molecule has 1 amide bonds. The molecule has 2 aromatic rings. The molecule has 0 radical (unpaired) electrons. The van der Waals surface area contributed by atoms with Crippen molar-refractivity contribution in [3.05, 3.63) is 47.8 Å². The molecule has 1 N–H and O–H groups in total. The fraction of sp³-hybridized carbons (Fsp3) is 0.389. The monoisotopic (exact) mass is 372 g/mol. The summed E-state index contributed by atoms with van der Waals surface area (Å²) in [4.78, 5) is 22.6. The van der Waals surface area contributed by atoms with Crippen LogP contribution in [0.1, 0.15) is 30.5 Å². The van der Waals surface area contributed by atoms with E-state index in [1.807, 2.05) is 30.3 Å². The van der Waals surface area contributed by atoms with E-state index in [-0.39, 0.29) is 24.1 Å². The van der Waals surface area contributed by atoms with E-state index in [0.717, 1.165) is 11.4 Å². The second-order valence-corrected chi connectivity index (χ2v) is 8.92. The van der Waals surface area contributed by atoms with Crippen LogP contribution >= 0.6 is 0 Å². The number of carbonyl (C=O) groups is 1. The number of anilines is 2. The molecule has 2 aliphatic rings. The van der Waals surface area contributed by atoms with Crippen molar-refractivity contribution in [1.29, 1.82) is 0 Å². The number of aromatic nitrogens is 2. The highest BCUT2D eigenvalue weighted by Crippen LogP contribution is 2.39. The van der Waals surface area contributed by atoms with E-state index < -0.39 is 15.1 Å². The van der Waals surface area contributed by atoms with Gasteiger partial charge in [-0.3, -0.25) is 4.79 Å². The predicted octanol–water partition coefficient (Wildman–Crippen LogP) is 1.85. The number of hydrogen-bond acceptors (Lipinski definition) is 6. The molecule has 2 aliphatic heterocycles. The van der Waals surface area contributed by atoms with Gasteiger partial charge in [0.05, 0.1) is 16.7 Å². The Kier molecular flexibility index (Phi) is 4.14. The minimum atomic E-state index is -3.31. The van der Waals surface area contributed by atoms with Crippen molar-refractivity contribution in [3.8, 4) is 0 Å². The first-order valence-corrected chi connectivity index (χ1v) is 10.4. The molecule has 0 spiro atoms. The first kappa shape index (κ1) is 17.0. The Balaban J connectivity index is 1.69. The molecule has 0 unspecified atom stereocenters. The van der Waals surface area contributed by atoms with Gasteiger partial charge in [0, 0.05) is 42.9 Å². The summed E-state index contributed by atoms with van der Waals surface area (Å²) in [7, 11) is -3.31. The van der Waals surface area contributed by atoms with Crippen molar-refractivity contribution in [2.24, 2.45) is 0 Å². The molecule has 4 rings (SSSR count). The molecular weight excluding hydrogens is 352 g/mol. The fourth-order valence-corrected chi connectivity index (χ4v) is 5.71. The average molecular weight is 372 g/mol. The number of carbonyl (C=O) groups excluding carboxylic acids is 1. The Labute approximate surface area is 152 Å². The summed E-state index contributed by atoms with van der Waals surface area (Å²) >= 11 is 0. The van der Waals surface area contributed by atoms with Crippen LogP contribution < -0.4 is 5.32 Å². The second-order valence-electron chi connectivity index (χ2n) is 6.70. The number of sulfone groups is 1. The van der Waals surface area contributed by atoms with Crippen LogP contribution in [0.4, 0.5) is 11.6 Å². The largest absolute Gasteiger partial charge is 0.341 e. The topological polar surface area (TPSA) is 92.3 Å². The van der Waals surface area contributed by atoms with Gasteiger partial charge in [0.2, 0.25) is 11.9 Å². The molecule has 0 aliphatic carbocycles. The fourth-order valence-electron chi connectivity index (χ4n) is 3.71. The molecule has 26 heavy (non-hydrogen) atoms. The third-order valence-electron chi connectivity index (χ3n) is 5.02. The Bertz CT molecular complexity index is 946. The zero-order valence-electron chi connectivity index (χ0n) is 14.4. The van der Waals surface area contributed by atoms with E-state index in [1.165, 1.54) is 0 Å². The van der Waals surface area contributed by atoms with Crippen molar-refractivity contribution in [3.63, 3.8) is 0 Å². The standard InChI is InChI=1S/C18H20N4O3S/c1-2-16(23)22-9-14-15(10-22)26(24,25)11-12-8-19-18(21-17(12)14)20-13-6-4-3-5-7-13/h3-8,14-15H,2,9-11H2,1H3,(H,19,20,21)/t14-,15+/m1/s1. The average Bonchev–Trinajstić information content (AvgIpc) is 3.09. The summed E-state index contributed by atoms with van der Waals surface area (Å²) in [5.74, 6) is 0.0585. The van der Waals surface area contributed by atoms with Crippen molar-refractivity contribution >= 4 is 27.4 Å². The van der Waals surface area contributed by atoms with Gasteiger partial charge in [-0.05, 0) is 12.1 Å². The van der Waals surface area contributed by atoms with Crippen LogP contribution in [0, 0.1) is 0 Å². The third-order valence-corrected chi connectivity index (χ3v) is 7.13. The maximum Gasteiger partial charge on any atom is 0.227 e. The summed E-state index contributed by atoms with van der Waals surface area (Å²) in [5.41, 5.74) is 2.24. The van der Waals surface area contributed by atoms with Gasteiger partial charge in [0.15, 0.2) is 9.84 Å². The molecule has 1 fully saturated rings. The maximum atomic E-state index is 12.6. The number of nitrogens with one attached hydrogen (secondary N) is 1. The zero-order valence-corrected chi connectivity index (χ0v) is 15.2. The van der Waals surface area contributed by atoms with Gasteiger partial charge in [-0.15, -0.1) is 0 Å². The predicted molar refractivity (Wildman–Crippen MR) is 97.8 cm³/mol. The molecule has 7 nitrogen and oxygen atoms in total. The number of rotatable bonds is 3. The number of nitrogens with zero attached hydrogens (tertiary/aromatic N) is 3. The smallest absolute Gasteiger partial charge is 0.227 e. The lowest BCUT2D eigenvalue weighted by Gasteiger charge is -2.26. The van der Waals surface area contributed by atoms with Crippen LogP contribution in [0.25, 0.3) is 0 Å². The first-order valence-electron chi connectivity index (χ1n) is 8.65. The van der Waals surface area contributed by atoms with Crippen LogP contribution in [0.2, 0.25) is 0 Å². The lowest BCUT2D eigenvalue weighted by atomic mass is 10.00. The Morgan fingerprint density at radius 1 is 1.27 bits per heavy atom. The van der Waals surface area contributed by atoms with Crippen molar-refractivity contribution in [2.75, 3.05) is 18.4 Å². The molecule has 1 aromatic carbocycles. The van der Waals surface area contributed by atoms with Crippen LogP contribution in [0.5, 0.6) is 0 Å². The van der Waals surface area contributed by atoms with E-state index in [4.69, 9.17) is 0 Å². The van der Waals surface area contributed by atoms with Gasteiger partial charge >= 0.3 is 0 Å². The van der Waals surface area contributed by atoms with Gasteiger partial charge < -0.3 is 10.2 Å². The Morgan fingerprint density at radius 3 is 2.77 bits per heavy atom. The second kappa shape index (κ2) is 6.35. The normalized spacial score (nSPS) is 23.2. The molecule has 1 saturated heterocycles. The number of benzene rings is 1. The number of amides is 1. The molecule has 2 atom stereocenters. The molecular formula is C18H20N4O3S. The number of likely N-dealkylation sites (tertiary alicyclic amines) is 1. The van der Waals surface area contributed by atoms with E-state index in [1.54, 1.807) is 18.0 Å². The van der Waals surface area contributed by atoms with Crippen LogP contribution in [0.3, 0.4) is 0 Å². The van der Waals surface area contributed by atoms with E-state index >= 15 is 0 Å². The van der Waals surface area contributed by atoms with Gasteiger partial charge in [-0.25, -0.2) is 18.4 Å². The molecule has 136 valence electrons. The number of hydrogen-bond donors (Lipinski definition) is 1. The highest BCUT2D eigenvalue weighted by Gasteiger charge is 2.48. The van der Waals surface area contributed by atoms with Crippen LogP contribution in [-0.4, -0.2) is 47.5 Å². The summed E-state index contributed by atoms with van der Waals surface area (Å²) < 4.78 is 25.3. The molecule has 8 heteroatoms. The zero-order chi connectivity index (χ0) is 18.3. The van der Waals surface area contributed by atoms with Crippen molar-refractivity contribution in [1.82, 2.24) is 14.9 Å². The van der Waals surface area contributed by atoms with Gasteiger partial charge in [-0.2, -0.15) is 0 Å². The Hall–Kier alpha value is -2.48. The van der Waals surface area contributed by atoms with E-state index in [0.29, 0.717) is 24.5 Å². The lowest BCUT2D eigenvalue weighted by Crippen LogP contribution is -2.35. The summed E-state index contributed by atoms with van der Waals surface area (Å²) in [6.45, 7) is 2.44. The summed E-state index contributed by atoms with van der Waals surface area (Å²) in [6, 6.07) is 9.57. The van der Waals surface area contributed by atoms with Gasteiger partial charge in [0.1, 0.15) is 0 Å². The van der Waals surface area contributed by atoms with Crippen LogP contribution in [0.15, 0.2) is 36.5 Å². The minimum Gasteiger partial charge on any atom is -0.341 e. The Morgan fingerprint density at radius 2 is 2.04 bits per heavy atom. The molecule has 0 saturated carbocycles. The number of para-hydroxylation sites is 1. The minimum absolute atomic E-state index is 0.0205. The number of fused-ring (bicyclic) bond motifs is 3. The quantitative estimate of drug-likeness (QED) is 0.884. The van der Waals surface area contributed by atoms with Crippen LogP contribution in [-0.2, 0) is 20.4 Å². The summed E-state index contributed by atoms with van der Waals surface area (Å²) in [5, 5.41) is 2.57. The highest BCUT2D eigenvalue weighted by molar-refractivity contribution is 7.91. The van der Waals surface area contributed by atoms with Gasteiger partial charge in [-0.1, -0.05) is 25.1 Å². The van der Waals surface area contributed by atoms with Crippen molar-refractivity contribution in [2.45, 2.75) is 30.3 Å². The van der Waals surface area contributed by atoms with Crippen molar-refractivity contribution < 1.29 is 13.2 Å². The first-order chi connectivity index (χ1) is 12.5. The maximum absolute atomic E-state index is 12.6.